The molecule has 0 saturated heterocycles. The van der Waals surface area contributed by atoms with E-state index in [2.05, 4.69) is 4.98 Å². The van der Waals surface area contributed by atoms with Gasteiger partial charge < -0.3 is 5.11 Å². The summed E-state index contributed by atoms with van der Waals surface area (Å²) in [5, 5.41) is 9.12. The number of rotatable bonds is 7. The molecule has 0 radical (unpaired) electrons. The molecule has 2 rings (SSSR count). The molecule has 6 heteroatoms. The number of aliphatic hydroxyl groups is 1. The topological polar surface area (TPSA) is 70.5 Å². The van der Waals surface area contributed by atoms with Crippen LogP contribution < -0.4 is 0 Å². The Labute approximate surface area is 124 Å². The Morgan fingerprint density at radius 3 is 2.33 bits per heavy atom. The van der Waals surface area contributed by atoms with Crippen LogP contribution in [0.1, 0.15) is 5.56 Å². The molecule has 1 aromatic heterocycles. The highest BCUT2D eigenvalue weighted by Gasteiger charge is 2.24. The summed E-state index contributed by atoms with van der Waals surface area (Å²) in [5.41, 5.74) is 1.05. The Morgan fingerprint density at radius 1 is 1.00 bits per heavy atom. The molecular formula is C15H18N2O3S. The number of sulfonamides is 1. The second kappa shape index (κ2) is 7.31. The van der Waals surface area contributed by atoms with E-state index in [1.165, 1.54) is 16.6 Å². The van der Waals surface area contributed by atoms with Gasteiger partial charge >= 0.3 is 0 Å². The van der Waals surface area contributed by atoms with Gasteiger partial charge in [0.25, 0.3) is 10.0 Å². The molecule has 1 aromatic carbocycles. The van der Waals surface area contributed by atoms with E-state index in [1.807, 2.05) is 30.3 Å². The van der Waals surface area contributed by atoms with Gasteiger partial charge in [0.05, 0.1) is 6.61 Å². The highest BCUT2D eigenvalue weighted by atomic mass is 32.2. The fourth-order valence-corrected chi connectivity index (χ4v) is 3.36. The highest BCUT2D eigenvalue weighted by molar-refractivity contribution is 7.89. The number of hydrogen-bond donors (Lipinski definition) is 1. The molecule has 0 atom stereocenters. The van der Waals surface area contributed by atoms with Crippen molar-refractivity contribution in [2.45, 2.75) is 11.4 Å². The predicted octanol–water partition coefficient (Wildman–Crippen LogP) is 1.31. The van der Waals surface area contributed by atoms with Crippen LogP contribution in [0.2, 0.25) is 0 Å². The molecule has 5 nitrogen and oxygen atoms in total. The summed E-state index contributed by atoms with van der Waals surface area (Å²) in [7, 11) is -3.67. The van der Waals surface area contributed by atoms with Gasteiger partial charge in [0.2, 0.25) is 0 Å². The smallest absolute Gasteiger partial charge is 0.260 e. The molecule has 0 unspecified atom stereocenters. The van der Waals surface area contributed by atoms with Crippen LogP contribution >= 0.6 is 0 Å². The summed E-state index contributed by atoms with van der Waals surface area (Å²) in [5.74, 6) is 0. The van der Waals surface area contributed by atoms with Crippen LogP contribution in [0.4, 0.5) is 0 Å². The third-order valence-corrected chi connectivity index (χ3v) is 4.90. The lowest BCUT2D eigenvalue weighted by molar-refractivity contribution is 0.254. The number of aliphatic hydroxyl groups excluding tert-OH is 1. The maximum atomic E-state index is 12.5. The molecule has 0 bridgehead atoms. The third-order valence-electron chi connectivity index (χ3n) is 3.08. The normalized spacial score (nSPS) is 11.7. The van der Waals surface area contributed by atoms with Crippen molar-refractivity contribution in [3.8, 4) is 0 Å². The predicted molar refractivity (Wildman–Crippen MR) is 80.2 cm³/mol. The van der Waals surface area contributed by atoms with Crippen LogP contribution in [0.15, 0.2) is 59.8 Å². The summed E-state index contributed by atoms with van der Waals surface area (Å²) in [6.45, 7) is 0.149. The van der Waals surface area contributed by atoms with Gasteiger partial charge in [0.15, 0.2) is 5.03 Å². The molecule has 21 heavy (non-hydrogen) atoms. The summed E-state index contributed by atoms with van der Waals surface area (Å²) in [6, 6.07) is 14.4. The lowest BCUT2D eigenvalue weighted by atomic mass is 10.1. The van der Waals surface area contributed by atoms with Crippen molar-refractivity contribution in [2.24, 2.45) is 0 Å². The molecule has 0 spiro atoms. The third kappa shape index (κ3) is 4.10. The van der Waals surface area contributed by atoms with Crippen LogP contribution in [-0.4, -0.2) is 42.5 Å². The molecule has 0 saturated carbocycles. The van der Waals surface area contributed by atoms with Gasteiger partial charge in [-0.15, -0.1) is 0 Å². The van der Waals surface area contributed by atoms with Gasteiger partial charge in [-0.25, -0.2) is 13.4 Å². The SMILES string of the molecule is O=S(=O)(c1ccccn1)N(CCO)CCc1ccccc1. The van der Waals surface area contributed by atoms with Gasteiger partial charge in [-0.1, -0.05) is 36.4 Å². The van der Waals surface area contributed by atoms with Crippen LogP contribution in [0.3, 0.4) is 0 Å². The van der Waals surface area contributed by atoms with E-state index < -0.39 is 10.0 Å². The van der Waals surface area contributed by atoms with Crippen LogP contribution in [0.5, 0.6) is 0 Å². The fourth-order valence-electron chi connectivity index (χ4n) is 1.99. The Morgan fingerprint density at radius 2 is 1.71 bits per heavy atom. The molecule has 0 aliphatic heterocycles. The molecule has 1 heterocycles. The van der Waals surface area contributed by atoms with Crippen LogP contribution in [-0.2, 0) is 16.4 Å². The second-order valence-corrected chi connectivity index (χ2v) is 6.42. The minimum Gasteiger partial charge on any atom is -0.395 e. The summed E-state index contributed by atoms with van der Waals surface area (Å²) in [6.07, 6.45) is 2.04. The maximum Gasteiger partial charge on any atom is 0.260 e. The first kappa shape index (κ1) is 15.6. The van der Waals surface area contributed by atoms with Gasteiger partial charge in [-0.3, -0.25) is 0 Å². The number of pyridine rings is 1. The van der Waals surface area contributed by atoms with E-state index in [-0.39, 0.29) is 18.2 Å². The van der Waals surface area contributed by atoms with Crippen molar-refractivity contribution < 1.29 is 13.5 Å². The molecule has 0 amide bonds. The van der Waals surface area contributed by atoms with E-state index in [0.29, 0.717) is 13.0 Å². The summed E-state index contributed by atoms with van der Waals surface area (Å²) in [4.78, 5) is 3.90. The molecule has 1 N–H and O–H groups in total. The molecule has 0 aliphatic carbocycles. The first-order chi connectivity index (χ1) is 10.1. The first-order valence-corrected chi connectivity index (χ1v) is 8.14. The van der Waals surface area contributed by atoms with E-state index >= 15 is 0 Å². The van der Waals surface area contributed by atoms with Crippen molar-refractivity contribution in [2.75, 3.05) is 19.7 Å². The van der Waals surface area contributed by atoms with Crippen molar-refractivity contribution in [3.63, 3.8) is 0 Å². The van der Waals surface area contributed by atoms with E-state index in [4.69, 9.17) is 5.11 Å². The Kier molecular flexibility index (Phi) is 5.44. The Balaban J connectivity index is 2.15. The number of nitrogens with zero attached hydrogens (tertiary/aromatic N) is 2. The van der Waals surface area contributed by atoms with Gasteiger partial charge in [0.1, 0.15) is 0 Å². The molecule has 112 valence electrons. The summed E-state index contributed by atoms with van der Waals surface area (Å²) < 4.78 is 26.3. The zero-order chi connectivity index (χ0) is 15.1. The van der Waals surface area contributed by atoms with Gasteiger partial charge in [-0.2, -0.15) is 4.31 Å². The zero-order valence-electron chi connectivity index (χ0n) is 11.6. The lowest BCUT2D eigenvalue weighted by Gasteiger charge is -2.20. The molecule has 2 aromatic rings. The van der Waals surface area contributed by atoms with Crippen LogP contribution in [0.25, 0.3) is 0 Å². The van der Waals surface area contributed by atoms with E-state index in [9.17, 15) is 8.42 Å². The standard InChI is InChI=1S/C15H18N2O3S/c18-13-12-17(11-9-14-6-2-1-3-7-14)21(19,20)15-8-4-5-10-16-15/h1-8,10,18H,9,11-13H2. The van der Waals surface area contributed by atoms with Gasteiger partial charge in [-0.05, 0) is 24.1 Å². The van der Waals surface area contributed by atoms with Gasteiger partial charge in [0, 0.05) is 19.3 Å². The van der Waals surface area contributed by atoms with Crippen molar-refractivity contribution in [1.29, 1.82) is 0 Å². The van der Waals surface area contributed by atoms with E-state index in [1.54, 1.807) is 12.1 Å². The second-order valence-electron chi connectivity index (χ2n) is 4.53. The Bertz CT molecular complexity index is 645. The van der Waals surface area contributed by atoms with Crippen LogP contribution in [0, 0.1) is 0 Å². The minimum atomic E-state index is -3.67. The Hall–Kier alpha value is -1.76. The fraction of sp³-hybridized carbons (Fsp3) is 0.267. The average Bonchev–Trinajstić information content (AvgIpc) is 2.53. The molecule has 0 aliphatic rings. The monoisotopic (exact) mass is 306 g/mol. The maximum absolute atomic E-state index is 12.5. The molecule has 0 fully saturated rings. The molecular weight excluding hydrogens is 288 g/mol. The largest absolute Gasteiger partial charge is 0.395 e. The highest BCUT2D eigenvalue weighted by Crippen LogP contribution is 2.13. The van der Waals surface area contributed by atoms with Crippen molar-refractivity contribution in [3.05, 3.63) is 60.3 Å². The van der Waals surface area contributed by atoms with Crippen molar-refractivity contribution >= 4 is 10.0 Å². The number of aromatic nitrogens is 1. The minimum absolute atomic E-state index is 0.00603. The quantitative estimate of drug-likeness (QED) is 0.837. The average molecular weight is 306 g/mol. The van der Waals surface area contributed by atoms with E-state index in [0.717, 1.165) is 5.56 Å². The zero-order valence-corrected chi connectivity index (χ0v) is 12.4. The number of benzene rings is 1. The first-order valence-electron chi connectivity index (χ1n) is 6.70. The lowest BCUT2D eigenvalue weighted by Crippen LogP contribution is -2.35. The summed E-state index contributed by atoms with van der Waals surface area (Å²) >= 11 is 0. The van der Waals surface area contributed by atoms with Crippen molar-refractivity contribution in [1.82, 2.24) is 9.29 Å². The number of hydrogen-bond acceptors (Lipinski definition) is 4.